The maximum atomic E-state index is 5.63. The second-order valence-corrected chi connectivity index (χ2v) is 7.29. The molecular weight excluding hydrogens is 338 g/mol. The number of benzene rings is 1. The standard InChI is InChI=1S/C21H31N5O/c1-5-22-21(23-12-20-24-16(3)17(4)27-20)25-19-11-15(2)26(14-19)13-18-9-7-6-8-10-18/h6-10,15,19H,5,11-14H2,1-4H3,(H2,22,23,25). The van der Waals surface area contributed by atoms with Crippen LogP contribution in [0, 0.1) is 13.8 Å². The van der Waals surface area contributed by atoms with Crippen LogP contribution in [0.3, 0.4) is 0 Å². The summed E-state index contributed by atoms with van der Waals surface area (Å²) in [7, 11) is 0. The summed E-state index contributed by atoms with van der Waals surface area (Å²) in [6, 6.07) is 11.6. The lowest BCUT2D eigenvalue weighted by molar-refractivity contribution is 0.258. The summed E-state index contributed by atoms with van der Waals surface area (Å²) in [6.07, 6.45) is 1.11. The van der Waals surface area contributed by atoms with Gasteiger partial charge >= 0.3 is 0 Å². The highest BCUT2D eigenvalue weighted by atomic mass is 16.4. The van der Waals surface area contributed by atoms with Gasteiger partial charge in [-0.15, -0.1) is 0 Å². The molecule has 6 heteroatoms. The van der Waals surface area contributed by atoms with Crippen LogP contribution in [0.15, 0.2) is 39.7 Å². The van der Waals surface area contributed by atoms with Gasteiger partial charge in [0, 0.05) is 31.7 Å². The average Bonchev–Trinajstić information content (AvgIpc) is 3.15. The van der Waals surface area contributed by atoms with Gasteiger partial charge in [-0.3, -0.25) is 4.90 Å². The zero-order chi connectivity index (χ0) is 19.2. The van der Waals surface area contributed by atoms with Gasteiger partial charge in [-0.1, -0.05) is 30.3 Å². The number of aromatic nitrogens is 1. The smallest absolute Gasteiger partial charge is 0.216 e. The second-order valence-electron chi connectivity index (χ2n) is 7.29. The number of likely N-dealkylation sites (tertiary alicyclic amines) is 1. The van der Waals surface area contributed by atoms with Crippen molar-refractivity contribution in [2.75, 3.05) is 13.1 Å². The van der Waals surface area contributed by atoms with Crippen molar-refractivity contribution in [1.29, 1.82) is 0 Å². The van der Waals surface area contributed by atoms with Crippen LogP contribution < -0.4 is 10.6 Å². The number of guanidine groups is 1. The van der Waals surface area contributed by atoms with Crippen LogP contribution in [-0.2, 0) is 13.1 Å². The van der Waals surface area contributed by atoms with Crippen molar-refractivity contribution in [3.8, 4) is 0 Å². The minimum absolute atomic E-state index is 0.384. The fourth-order valence-corrected chi connectivity index (χ4v) is 3.51. The van der Waals surface area contributed by atoms with Crippen molar-refractivity contribution < 1.29 is 4.42 Å². The average molecular weight is 370 g/mol. The van der Waals surface area contributed by atoms with Gasteiger partial charge in [0.1, 0.15) is 12.3 Å². The Morgan fingerprint density at radius 2 is 2.07 bits per heavy atom. The lowest BCUT2D eigenvalue weighted by atomic mass is 10.2. The second kappa shape index (κ2) is 9.04. The van der Waals surface area contributed by atoms with Gasteiger partial charge in [-0.2, -0.15) is 0 Å². The van der Waals surface area contributed by atoms with E-state index in [0.29, 0.717) is 24.5 Å². The summed E-state index contributed by atoms with van der Waals surface area (Å²) in [5, 5.41) is 6.91. The molecule has 1 fully saturated rings. The predicted molar refractivity (Wildman–Crippen MR) is 109 cm³/mol. The van der Waals surface area contributed by atoms with Crippen LogP contribution in [0.4, 0.5) is 0 Å². The van der Waals surface area contributed by atoms with Crippen molar-refractivity contribution in [3.05, 3.63) is 53.2 Å². The maximum absolute atomic E-state index is 5.63. The minimum Gasteiger partial charge on any atom is -0.444 e. The quantitative estimate of drug-likeness (QED) is 0.605. The number of hydrogen-bond acceptors (Lipinski definition) is 4. The van der Waals surface area contributed by atoms with Crippen LogP contribution in [0.5, 0.6) is 0 Å². The molecule has 1 aromatic heterocycles. The van der Waals surface area contributed by atoms with Crippen molar-refractivity contribution >= 4 is 5.96 Å². The Morgan fingerprint density at radius 1 is 1.30 bits per heavy atom. The number of rotatable bonds is 6. The molecule has 0 saturated carbocycles. The van der Waals surface area contributed by atoms with Crippen LogP contribution in [-0.4, -0.2) is 41.0 Å². The Morgan fingerprint density at radius 3 is 2.74 bits per heavy atom. The van der Waals surface area contributed by atoms with Crippen LogP contribution >= 0.6 is 0 Å². The molecule has 2 unspecified atom stereocenters. The van der Waals surface area contributed by atoms with Crippen LogP contribution in [0.25, 0.3) is 0 Å². The molecule has 6 nitrogen and oxygen atoms in total. The van der Waals surface area contributed by atoms with E-state index < -0.39 is 0 Å². The van der Waals surface area contributed by atoms with E-state index in [-0.39, 0.29) is 0 Å². The summed E-state index contributed by atoms with van der Waals surface area (Å²) in [5.41, 5.74) is 2.29. The van der Waals surface area contributed by atoms with E-state index in [4.69, 9.17) is 4.42 Å². The van der Waals surface area contributed by atoms with Gasteiger partial charge in [0.15, 0.2) is 5.96 Å². The number of aliphatic imine (C=N–C) groups is 1. The number of aryl methyl sites for hydroxylation is 2. The maximum Gasteiger partial charge on any atom is 0.216 e. The lowest BCUT2D eigenvalue weighted by Gasteiger charge is -2.21. The highest BCUT2D eigenvalue weighted by Gasteiger charge is 2.29. The Hall–Kier alpha value is -2.34. The molecule has 2 heterocycles. The first kappa shape index (κ1) is 19.4. The molecule has 0 spiro atoms. The Kier molecular flexibility index (Phi) is 6.50. The van der Waals surface area contributed by atoms with Gasteiger partial charge in [0.2, 0.25) is 5.89 Å². The van der Waals surface area contributed by atoms with E-state index in [1.807, 2.05) is 13.8 Å². The van der Waals surface area contributed by atoms with Crippen molar-refractivity contribution in [3.63, 3.8) is 0 Å². The predicted octanol–water partition coefficient (Wildman–Crippen LogP) is 3.01. The van der Waals surface area contributed by atoms with Gasteiger partial charge in [-0.05, 0) is 39.7 Å². The largest absolute Gasteiger partial charge is 0.444 e. The highest BCUT2D eigenvalue weighted by Crippen LogP contribution is 2.20. The Bertz CT molecular complexity index is 736. The molecule has 146 valence electrons. The molecule has 27 heavy (non-hydrogen) atoms. The third-order valence-electron chi connectivity index (χ3n) is 5.06. The minimum atomic E-state index is 0.384. The molecule has 0 radical (unpaired) electrons. The molecule has 2 aromatic rings. The number of nitrogens with one attached hydrogen (secondary N) is 2. The van der Waals surface area contributed by atoms with Crippen LogP contribution in [0.1, 0.15) is 43.2 Å². The van der Waals surface area contributed by atoms with E-state index >= 15 is 0 Å². The molecule has 2 atom stereocenters. The highest BCUT2D eigenvalue weighted by molar-refractivity contribution is 5.80. The molecule has 1 saturated heterocycles. The molecule has 1 aromatic carbocycles. The summed E-state index contributed by atoms with van der Waals surface area (Å²) < 4.78 is 5.63. The molecule has 2 N–H and O–H groups in total. The van der Waals surface area contributed by atoms with Gasteiger partial charge in [-0.25, -0.2) is 9.98 Å². The number of hydrogen-bond donors (Lipinski definition) is 2. The van der Waals surface area contributed by atoms with Crippen LogP contribution in [0.2, 0.25) is 0 Å². The third-order valence-corrected chi connectivity index (χ3v) is 5.06. The number of oxazole rings is 1. The first-order valence-corrected chi connectivity index (χ1v) is 9.81. The summed E-state index contributed by atoms with van der Waals surface area (Å²) >= 11 is 0. The summed E-state index contributed by atoms with van der Waals surface area (Å²) in [4.78, 5) is 11.6. The van der Waals surface area contributed by atoms with E-state index in [1.165, 1.54) is 5.56 Å². The fraction of sp³-hybridized carbons (Fsp3) is 0.524. The Balaban J connectivity index is 1.58. The molecule has 0 aliphatic carbocycles. The Labute approximate surface area is 162 Å². The van der Waals surface area contributed by atoms with Crippen molar-refractivity contribution in [1.82, 2.24) is 20.5 Å². The third kappa shape index (κ3) is 5.32. The SMILES string of the molecule is CCNC(=NCc1nc(C)c(C)o1)NC1CC(C)N(Cc2ccccc2)C1. The van der Waals surface area contributed by atoms with Crippen molar-refractivity contribution in [2.45, 2.75) is 59.3 Å². The summed E-state index contributed by atoms with van der Waals surface area (Å²) in [6.45, 7) is 11.5. The molecule has 0 amide bonds. The summed E-state index contributed by atoms with van der Waals surface area (Å²) in [5.74, 6) is 2.34. The van der Waals surface area contributed by atoms with E-state index in [1.54, 1.807) is 0 Å². The zero-order valence-corrected chi connectivity index (χ0v) is 16.8. The molecule has 1 aliphatic rings. The molecule has 1 aliphatic heterocycles. The topological polar surface area (TPSA) is 65.7 Å². The van der Waals surface area contributed by atoms with Crippen molar-refractivity contribution in [2.24, 2.45) is 4.99 Å². The lowest BCUT2D eigenvalue weighted by Crippen LogP contribution is -2.44. The van der Waals surface area contributed by atoms with Gasteiger partial charge < -0.3 is 15.1 Å². The molecule has 3 rings (SSSR count). The van der Waals surface area contributed by atoms with E-state index in [0.717, 1.165) is 43.5 Å². The monoisotopic (exact) mass is 369 g/mol. The van der Waals surface area contributed by atoms with E-state index in [9.17, 15) is 0 Å². The fourth-order valence-electron chi connectivity index (χ4n) is 3.51. The zero-order valence-electron chi connectivity index (χ0n) is 16.8. The first-order valence-electron chi connectivity index (χ1n) is 9.81. The van der Waals surface area contributed by atoms with E-state index in [2.05, 4.69) is 69.7 Å². The van der Waals surface area contributed by atoms with Gasteiger partial charge in [0.25, 0.3) is 0 Å². The normalized spacial score (nSPS) is 20.8. The molecular formula is C21H31N5O. The molecule has 0 bridgehead atoms. The van der Waals surface area contributed by atoms with Gasteiger partial charge in [0.05, 0.1) is 5.69 Å². The first-order chi connectivity index (χ1) is 13.0. The number of nitrogens with zero attached hydrogens (tertiary/aromatic N) is 3.